The number of carbonyl (C=O) groups excluding carboxylic acids is 1. The Balaban J connectivity index is 2.16. The van der Waals surface area contributed by atoms with Gasteiger partial charge in [0.25, 0.3) is 5.91 Å². The Morgan fingerprint density at radius 1 is 1.25 bits per heavy atom. The van der Waals surface area contributed by atoms with E-state index in [1.165, 1.54) is 11.3 Å². The van der Waals surface area contributed by atoms with Crippen LogP contribution in [-0.2, 0) is 6.54 Å². The van der Waals surface area contributed by atoms with Crippen molar-refractivity contribution in [2.24, 2.45) is 4.99 Å². The molecular formula is C17H13BrCl2N2OS. The maximum Gasteiger partial charge on any atom is 0.281 e. The zero-order valence-corrected chi connectivity index (χ0v) is 16.6. The van der Waals surface area contributed by atoms with Crippen LogP contribution in [0.2, 0.25) is 10.0 Å². The molecule has 7 heteroatoms. The molecule has 0 bridgehead atoms. The van der Waals surface area contributed by atoms with Crippen LogP contribution in [0.25, 0.3) is 10.2 Å². The van der Waals surface area contributed by atoms with Crippen LogP contribution in [0.15, 0.2) is 45.9 Å². The summed E-state index contributed by atoms with van der Waals surface area (Å²) in [5.41, 5.74) is 1.37. The van der Waals surface area contributed by atoms with E-state index < -0.39 is 5.91 Å². The lowest BCUT2D eigenvalue weighted by molar-refractivity contribution is 0.0998. The van der Waals surface area contributed by atoms with Crippen molar-refractivity contribution in [1.82, 2.24) is 4.57 Å². The van der Waals surface area contributed by atoms with Gasteiger partial charge in [-0.25, -0.2) is 0 Å². The zero-order valence-electron chi connectivity index (χ0n) is 12.7. The van der Waals surface area contributed by atoms with Gasteiger partial charge in [-0.2, -0.15) is 4.99 Å². The highest BCUT2D eigenvalue weighted by atomic mass is 79.9. The lowest BCUT2D eigenvalue weighted by Gasteiger charge is -2.03. The molecule has 0 spiro atoms. The van der Waals surface area contributed by atoms with E-state index in [1.54, 1.807) is 18.2 Å². The van der Waals surface area contributed by atoms with Crippen LogP contribution in [0.5, 0.6) is 0 Å². The second-order valence-electron chi connectivity index (χ2n) is 5.19. The van der Waals surface area contributed by atoms with E-state index >= 15 is 0 Å². The topological polar surface area (TPSA) is 34.4 Å². The number of rotatable bonds is 3. The van der Waals surface area contributed by atoms with Gasteiger partial charge < -0.3 is 4.57 Å². The van der Waals surface area contributed by atoms with E-state index in [-0.39, 0.29) is 0 Å². The fraction of sp³-hybridized carbons (Fsp3) is 0.176. The first-order chi connectivity index (χ1) is 11.5. The average Bonchev–Trinajstić information content (AvgIpc) is 2.86. The summed E-state index contributed by atoms with van der Waals surface area (Å²) >= 11 is 17.0. The van der Waals surface area contributed by atoms with E-state index in [0.29, 0.717) is 20.4 Å². The number of hydrogen-bond acceptors (Lipinski definition) is 2. The molecule has 0 fully saturated rings. The number of aryl methyl sites for hydroxylation is 1. The first kappa shape index (κ1) is 17.7. The number of thiazole rings is 1. The minimum Gasteiger partial charge on any atom is -0.316 e. The molecule has 24 heavy (non-hydrogen) atoms. The Morgan fingerprint density at radius 2 is 2.04 bits per heavy atom. The van der Waals surface area contributed by atoms with Crippen molar-refractivity contribution in [3.05, 3.63) is 61.3 Å². The third kappa shape index (κ3) is 3.59. The molecular weight excluding hydrogens is 431 g/mol. The van der Waals surface area contributed by atoms with Crippen LogP contribution in [0.1, 0.15) is 23.7 Å². The monoisotopic (exact) mass is 442 g/mol. The Morgan fingerprint density at radius 3 is 2.79 bits per heavy atom. The molecule has 3 rings (SSSR count). The molecule has 3 nitrogen and oxygen atoms in total. The number of fused-ring (bicyclic) bond motifs is 1. The Hall–Kier alpha value is -1.14. The smallest absolute Gasteiger partial charge is 0.281 e. The van der Waals surface area contributed by atoms with Crippen LogP contribution >= 0.6 is 50.5 Å². The molecule has 124 valence electrons. The summed E-state index contributed by atoms with van der Waals surface area (Å²) in [6.45, 7) is 2.88. The lowest BCUT2D eigenvalue weighted by atomic mass is 10.2. The maximum atomic E-state index is 12.6. The van der Waals surface area contributed by atoms with E-state index in [1.807, 2.05) is 18.2 Å². The summed E-state index contributed by atoms with van der Waals surface area (Å²) < 4.78 is 4.13. The second-order valence-corrected chi connectivity index (χ2v) is 7.96. The molecule has 0 saturated carbocycles. The SMILES string of the molecule is CCCn1c(=NC(=O)c2cc(Cl)ccc2Cl)sc2cc(Br)ccc21. The van der Waals surface area contributed by atoms with Crippen LogP contribution < -0.4 is 4.80 Å². The van der Waals surface area contributed by atoms with Gasteiger partial charge in [0.1, 0.15) is 0 Å². The van der Waals surface area contributed by atoms with Crippen molar-refractivity contribution in [1.29, 1.82) is 0 Å². The van der Waals surface area contributed by atoms with Crippen molar-refractivity contribution in [3.63, 3.8) is 0 Å². The molecule has 0 aliphatic heterocycles. The molecule has 0 aliphatic carbocycles. The summed E-state index contributed by atoms with van der Waals surface area (Å²) in [4.78, 5) is 17.5. The fourth-order valence-corrected chi connectivity index (χ4v) is 4.36. The number of halogens is 3. The highest BCUT2D eigenvalue weighted by molar-refractivity contribution is 9.10. The van der Waals surface area contributed by atoms with Gasteiger partial charge >= 0.3 is 0 Å². The van der Waals surface area contributed by atoms with Crippen molar-refractivity contribution < 1.29 is 4.79 Å². The Bertz CT molecular complexity index is 994. The standard InChI is InChI=1S/C17H13BrCl2N2OS/c1-2-7-22-14-6-3-10(18)8-15(14)24-17(22)21-16(23)12-9-11(19)4-5-13(12)20/h3-6,8-9H,2,7H2,1H3. The number of carbonyl (C=O) groups is 1. The number of benzene rings is 2. The molecule has 2 aromatic carbocycles. The first-order valence-electron chi connectivity index (χ1n) is 7.32. The molecule has 0 aliphatic rings. The summed E-state index contributed by atoms with van der Waals surface area (Å²) in [5, 5.41) is 0.804. The largest absolute Gasteiger partial charge is 0.316 e. The van der Waals surface area contributed by atoms with Crippen molar-refractivity contribution >= 4 is 66.6 Å². The predicted octanol–water partition coefficient (Wildman–Crippen LogP) is 5.92. The van der Waals surface area contributed by atoms with Crippen LogP contribution in [0, 0.1) is 0 Å². The molecule has 0 saturated heterocycles. The van der Waals surface area contributed by atoms with Crippen molar-refractivity contribution in [2.75, 3.05) is 0 Å². The number of amides is 1. The third-order valence-corrected chi connectivity index (χ3v) is 5.55. The number of hydrogen-bond donors (Lipinski definition) is 0. The third-order valence-electron chi connectivity index (χ3n) is 3.45. The molecule has 3 aromatic rings. The van der Waals surface area contributed by atoms with Crippen LogP contribution in [-0.4, -0.2) is 10.5 Å². The van der Waals surface area contributed by atoms with Gasteiger partial charge in [0.15, 0.2) is 4.80 Å². The van der Waals surface area contributed by atoms with Gasteiger partial charge in [0.2, 0.25) is 0 Å². The molecule has 0 atom stereocenters. The van der Waals surface area contributed by atoms with Gasteiger partial charge in [-0.1, -0.05) is 57.4 Å². The minimum absolute atomic E-state index is 0.311. The second kappa shape index (κ2) is 7.40. The molecule has 1 aromatic heterocycles. The van der Waals surface area contributed by atoms with Crippen molar-refractivity contribution in [2.45, 2.75) is 19.9 Å². The number of nitrogens with zero attached hydrogens (tertiary/aromatic N) is 2. The highest BCUT2D eigenvalue weighted by Crippen LogP contribution is 2.24. The van der Waals surface area contributed by atoms with Gasteiger partial charge in [-0.15, -0.1) is 0 Å². The Kier molecular flexibility index (Phi) is 5.45. The maximum absolute atomic E-state index is 12.6. The fourth-order valence-electron chi connectivity index (χ4n) is 2.38. The van der Waals surface area contributed by atoms with E-state index in [2.05, 4.69) is 32.4 Å². The number of aromatic nitrogens is 1. The minimum atomic E-state index is -0.391. The van der Waals surface area contributed by atoms with Crippen LogP contribution in [0.4, 0.5) is 0 Å². The first-order valence-corrected chi connectivity index (χ1v) is 9.69. The summed E-state index contributed by atoms with van der Waals surface area (Å²) in [6, 6.07) is 10.8. The van der Waals surface area contributed by atoms with Gasteiger partial charge in [0.05, 0.1) is 20.8 Å². The van der Waals surface area contributed by atoms with Crippen molar-refractivity contribution in [3.8, 4) is 0 Å². The molecule has 1 amide bonds. The van der Waals surface area contributed by atoms with Gasteiger partial charge in [0, 0.05) is 16.0 Å². The summed E-state index contributed by atoms with van der Waals surface area (Å²) in [5.74, 6) is -0.391. The summed E-state index contributed by atoms with van der Waals surface area (Å²) in [7, 11) is 0. The highest BCUT2D eigenvalue weighted by Gasteiger charge is 2.12. The molecule has 0 unspecified atom stereocenters. The van der Waals surface area contributed by atoms with E-state index in [4.69, 9.17) is 23.2 Å². The average molecular weight is 444 g/mol. The predicted molar refractivity (Wildman–Crippen MR) is 104 cm³/mol. The van der Waals surface area contributed by atoms with Crippen LogP contribution in [0.3, 0.4) is 0 Å². The van der Waals surface area contributed by atoms with Gasteiger partial charge in [-0.05, 0) is 42.8 Å². The Labute approximate surface area is 161 Å². The quantitative estimate of drug-likeness (QED) is 0.494. The molecule has 0 radical (unpaired) electrons. The molecule has 0 N–H and O–H groups in total. The summed E-state index contributed by atoms with van der Waals surface area (Å²) in [6.07, 6.45) is 0.946. The zero-order chi connectivity index (χ0) is 17.3. The van der Waals surface area contributed by atoms with E-state index in [9.17, 15) is 4.79 Å². The normalized spacial score (nSPS) is 12.1. The van der Waals surface area contributed by atoms with E-state index in [0.717, 1.165) is 27.7 Å². The van der Waals surface area contributed by atoms with Gasteiger partial charge in [-0.3, -0.25) is 4.79 Å². The lowest BCUT2D eigenvalue weighted by Crippen LogP contribution is -2.17. The molecule has 1 heterocycles.